The van der Waals surface area contributed by atoms with Gasteiger partial charge < -0.3 is 10.1 Å². The van der Waals surface area contributed by atoms with Crippen LogP contribution in [-0.2, 0) is 14.3 Å². The van der Waals surface area contributed by atoms with Crippen LogP contribution >= 0.6 is 11.3 Å². The van der Waals surface area contributed by atoms with Crippen LogP contribution in [0.4, 0.5) is 0 Å². The summed E-state index contributed by atoms with van der Waals surface area (Å²) in [5.74, 6) is 0.375. The van der Waals surface area contributed by atoms with E-state index in [9.17, 15) is 9.59 Å². The molecule has 1 aliphatic rings. The SMILES string of the molecule is C[C@@H]1[C@H](C)CCC[C@H]1NC(=O)COC(=O)/C=C/c1cccs1. The van der Waals surface area contributed by atoms with E-state index in [4.69, 9.17) is 4.74 Å². The molecule has 0 bridgehead atoms. The minimum absolute atomic E-state index is 0.191. The first-order valence-corrected chi connectivity index (χ1v) is 8.62. The number of thiophene rings is 1. The first-order valence-electron chi connectivity index (χ1n) is 7.74. The van der Waals surface area contributed by atoms with E-state index in [1.807, 2.05) is 17.5 Å². The number of hydrogen-bond acceptors (Lipinski definition) is 4. The molecule has 22 heavy (non-hydrogen) atoms. The Morgan fingerprint density at radius 2 is 2.23 bits per heavy atom. The van der Waals surface area contributed by atoms with Gasteiger partial charge in [0.25, 0.3) is 5.91 Å². The summed E-state index contributed by atoms with van der Waals surface area (Å²) < 4.78 is 4.97. The highest BCUT2D eigenvalue weighted by Crippen LogP contribution is 2.29. The van der Waals surface area contributed by atoms with E-state index >= 15 is 0 Å². The molecule has 0 aliphatic heterocycles. The molecule has 120 valence electrons. The van der Waals surface area contributed by atoms with Gasteiger partial charge in [-0.25, -0.2) is 4.79 Å². The maximum Gasteiger partial charge on any atom is 0.331 e. The molecule has 1 saturated carbocycles. The third-order valence-corrected chi connectivity index (χ3v) is 5.16. The molecule has 0 spiro atoms. The van der Waals surface area contributed by atoms with E-state index in [2.05, 4.69) is 19.2 Å². The number of carbonyl (C=O) groups excluding carboxylic acids is 2. The Balaban J connectivity index is 1.72. The number of amides is 1. The maximum absolute atomic E-state index is 11.9. The summed E-state index contributed by atoms with van der Waals surface area (Å²) in [7, 11) is 0. The van der Waals surface area contributed by atoms with Gasteiger partial charge in [0.2, 0.25) is 0 Å². The molecule has 1 aliphatic carbocycles. The molecule has 1 N–H and O–H groups in total. The van der Waals surface area contributed by atoms with Crippen molar-refractivity contribution in [2.75, 3.05) is 6.61 Å². The molecule has 1 amide bonds. The fourth-order valence-electron chi connectivity index (χ4n) is 2.76. The third kappa shape index (κ3) is 4.98. The van der Waals surface area contributed by atoms with Gasteiger partial charge in [0.1, 0.15) is 0 Å². The van der Waals surface area contributed by atoms with Crippen LogP contribution in [0.5, 0.6) is 0 Å². The van der Waals surface area contributed by atoms with Crippen LogP contribution in [0.25, 0.3) is 6.08 Å². The predicted octanol–water partition coefficient (Wildman–Crippen LogP) is 3.25. The van der Waals surface area contributed by atoms with Crippen molar-refractivity contribution in [3.8, 4) is 0 Å². The summed E-state index contributed by atoms with van der Waals surface area (Å²) in [6.07, 6.45) is 6.40. The van der Waals surface area contributed by atoms with E-state index < -0.39 is 5.97 Å². The van der Waals surface area contributed by atoms with Crippen LogP contribution in [0, 0.1) is 11.8 Å². The van der Waals surface area contributed by atoms with Crippen molar-refractivity contribution in [3.05, 3.63) is 28.5 Å². The van der Waals surface area contributed by atoms with Crippen molar-refractivity contribution in [1.29, 1.82) is 0 Å². The van der Waals surface area contributed by atoms with E-state index in [1.165, 1.54) is 23.8 Å². The lowest BCUT2D eigenvalue weighted by Crippen LogP contribution is -2.45. The fraction of sp³-hybridized carbons (Fsp3) is 0.529. The summed E-state index contributed by atoms with van der Waals surface area (Å²) in [4.78, 5) is 24.4. The van der Waals surface area contributed by atoms with Crippen molar-refractivity contribution < 1.29 is 14.3 Å². The molecule has 1 aromatic heterocycles. The summed E-state index contributed by atoms with van der Waals surface area (Å²) in [5, 5.41) is 4.92. The molecule has 1 heterocycles. The molecule has 2 rings (SSSR count). The Hall–Kier alpha value is -1.62. The van der Waals surface area contributed by atoms with Crippen molar-refractivity contribution in [3.63, 3.8) is 0 Å². The van der Waals surface area contributed by atoms with Gasteiger partial charge in [0.15, 0.2) is 6.61 Å². The van der Waals surface area contributed by atoms with Crippen LogP contribution < -0.4 is 5.32 Å². The quantitative estimate of drug-likeness (QED) is 0.669. The molecule has 4 nitrogen and oxygen atoms in total. The van der Waals surface area contributed by atoms with Crippen LogP contribution in [0.2, 0.25) is 0 Å². The first kappa shape index (κ1) is 16.7. The second-order valence-corrected chi connectivity index (χ2v) is 6.88. The smallest absolute Gasteiger partial charge is 0.331 e. The summed E-state index contributed by atoms with van der Waals surface area (Å²) >= 11 is 1.54. The molecule has 1 fully saturated rings. The zero-order chi connectivity index (χ0) is 15.9. The molecule has 0 saturated heterocycles. The number of hydrogen-bond donors (Lipinski definition) is 1. The van der Waals surface area contributed by atoms with Crippen LogP contribution in [0.15, 0.2) is 23.6 Å². The molecule has 0 unspecified atom stereocenters. The molecule has 0 radical (unpaired) electrons. The monoisotopic (exact) mass is 321 g/mol. The molecule has 1 aromatic rings. The Bertz CT molecular complexity index is 524. The molecule has 5 heteroatoms. The normalized spacial score (nSPS) is 25.1. The van der Waals surface area contributed by atoms with Gasteiger partial charge in [-0.05, 0) is 35.8 Å². The van der Waals surface area contributed by atoms with Crippen LogP contribution in [0.3, 0.4) is 0 Å². The van der Waals surface area contributed by atoms with Crippen molar-refractivity contribution in [2.45, 2.75) is 39.2 Å². The number of nitrogens with one attached hydrogen (secondary N) is 1. The average Bonchev–Trinajstić information content (AvgIpc) is 3.01. The Morgan fingerprint density at radius 1 is 1.41 bits per heavy atom. The van der Waals surface area contributed by atoms with Gasteiger partial charge in [0.05, 0.1) is 0 Å². The molecule has 3 atom stereocenters. The van der Waals surface area contributed by atoms with Gasteiger partial charge >= 0.3 is 5.97 Å². The third-order valence-electron chi connectivity index (χ3n) is 4.33. The van der Waals surface area contributed by atoms with Crippen LogP contribution in [-0.4, -0.2) is 24.5 Å². The summed E-state index contributed by atoms with van der Waals surface area (Å²) in [5.41, 5.74) is 0. The van der Waals surface area contributed by atoms with Gasteiger partial charge in [-0.2, -0.15) is 0 Å². The van der Waals surface area contributed by atoms with E-state index in [0.717, 1.165) is 17.7 Å². The van der Waals surface area contributed by atoms with Gasteiger partial charge in [0, 0.05) is 17.0 Å². The molecular formula is C17H23NO3S. The molecular weight excluding hydrogens is 298 g/mol. The number of carbonyl (C=O) groups is 2. The van der Waals surface area contributed by atoms with Crippen molar-refractivity contribution >= 4 is 29.3 Å². The van der Waals surface area contributed by atoms with Crippen molar-refractivity contribution in [1.82, 2.24) is 5.32 Å². The number of rotatable bonds is 5. The summed E-state index contributed by atoms with van der Waals surface area (Å²) in [6.45, 7) is 4.17. The fourth-order valence-corrected chi connectivity index (χ4v) is 3.37. The highest BCUT2D eigenvalue weighted by atomic mass is 32.1. The van der Waals surface area contributed by atoms with E-state index in [-0.39, 0.29) is 18.6 Å². The van der Waals surface area contributed by atoms with E-state index in [0.29, 0.717) is 11.8 Å². The summed E-state index contributed by atoms with van der Waals surface area (Å²) in [6, 6.07) is 4.01. The Labute approximate surface area is 135 Å². The van der Waals surface area contributed by atoms with Gasteiger partial charge in [-0.15, -0.1) is 11.3 Å². The van der Waals surface area contributed by atoms with Gasteiger partial charge in [-0.1, -0.05) is 32.8 Å². The standard InChI is InChI=1S/C17H23NO3S/c1-12-5-3-7-15(13(12)2)18-16(19)11-21-17(20)9-8-14-6-4-10-22-14/h4,6,8-10,12-13,15H,3,5,7,11H2,1-2H3,(H,18,19)/b9-8+/t12-,13-,15-/m1/s1. The zero-order valence-corrected chi connectivity index (χ0v) is 13.9. The predicted molar refractivity (Wildman–Crippen MR) is 88.4 cm³/mol. The zero-order valence-electron chi connectivity index (χ0n) is 13.1. The topological polar surface area (TPSA) is 55.4 Å². The second-order valence-electron chi connectivity index (χ2n) is 5.90. The number of ether oxygens (including phenoxy) is 1. The first-order chi connectivity index (χ1) is 10.6. The highest BCUT2D eigenvalue weighted by molar-refractivity contribution is 7.10. The van der Waals surface area contributed by atoms with Crippen LogP contribution in [0.1, 0.15) is 38.0 Å². The molecule has 0 aromatic carbocycles. The van der Waals surface area contributed by atoms with Crippen molar-refractivity contribution in [2.24, 2.45) is 11.8 Å². The van der Waals surface area contributed by atoms with E-state index in [1.54, 1.807) is 6.08 Å². The Morgan fingerprint density at radius 3 is 2.95 bits per heavy atom. The average molecular weight is 321 g/mol. The minimum atomic E-state index is -0.492. The Kier molecular flexibility index (Phi) is 6.19. The second kappa shape index (κ2) is 8.13. The largest absolute Gasteiger partial charge is 0.452 e. The number of esters is 1. The lowest BCUT2D eigenvalue weighted by molar-refractivity contribution is -0.144. The highest BCUT2D eigenvalue weighted by Gasteiger charge is 2.28. The minimum Gasteiger partial charge on any atom is -0.452 e. The maximum atomic E-state index is 11.9. The lowest BCUT2D eigenvalue weighted by atomic mass is 9.78. The lowest BCUT2D eigenvalue weighted by Gasteiger charge is -2.34. The van der Waals surface area contributed by atoms with Gasteiger partial charge in [-0.3, -0.25) is 4.79 Å².